The SMILES string of the molecule is C=C(CCCCCCC/C=C\CCCCCCC)N=C(N)N. The Bertz CT molecular complexity index is 315. The third kappa shape index (κ3) is 16.8. The third-order valence-corrected chi connectivity index (χ3v) is 3.76. The first-order valence-electron chi connectivity index (χ1n) is 9.09. The number of hydrogen-bond donors (Lipinski definition) is 2. The van der Waals surface area contributed by atoms with Crippen molar-refractivity contribution in [3.8, 4) is 0 Å². The molecule has 0 amide bonds. The van der Waals surface area contributed by atoms with Crippen molar-refractivity contribution < 1.29 is 0 Å². The normalized spacial score (nSPS) is 11.0. The molecule has 3 nitrogen and oxygen atoms in total. The lowest BCUT2D eigenvalue weighted by atomic mass is 10.1. The number of guanidine groups is 1. The summed E-state index contributed by atoms with van der Waals surface area (Å²) < 4.78 is 0. The van der Waals surface area contributed by atoms with Crippen molar-refractivity contribution in [3.63, 3.8) is 0 Å². The van der Waals surface area contributed by atoms with Crippen LogP contribution in [0.15, 0.2) is 29.4 Å². The van der Waals surface area contributed by atoms with E-state index in [1.54, 1.807) is 0 Å². The van der Waals surface area contributed by atoms with Gasteiger partial charge in [-0.25, -0.2) is 4.99 Å². The van der Waals surface area contributed by atoms with Crippen molar-refractivity contribution in [2.45, 2.75) is 90.4 Å². The van der Waals surface area contributed by atoms with E-state index in [0.717, 1.165) is 18.5 Å². The highest BCUT2D eigenvalue weighted by Crippen LogP contribution is 2.12. The molecule has 0 aromatic rings. The lowest BCUT2D eigenvalue weighted by molar-refractivity contribution is 0.614. The Hall–Kier alpha value is -1.25. The average molecular weight is 308 g/mol. The van der Waals surface area contributed by atoms with E-state index in [0.29, 0.717) is 0 Å². The minimum Gasteiger partial charge on any atom is -0.370 e. The molecule has 0 radical (unpaired) electrons. The maximum absolute atomic E-state index is 5.30. The molecule has 0 aliphatic rings. The topological polar surface area (TPSA) is 64.4 Å². The van der Waals surface area contributed by atoms with Crippen LogP contribution in [0, 0.1) is 0 Å². The average Bonchev–Trinajstić information content (AvgIpc) is 2.47. The third-order valence-electron chi connectivity index (χ3n) is 3.76. The summed E-state index contributed by atoms with van der Waals surface area (Å²) in [7, 11) is 0. The maximum atomic E-state index is 5.30. The van der Waals surface area contributed by atoms with Gasteiger partial charge in [0.2, 0.25) is 0 Å². The maximum Gasteiger partial charge on any atom is 0.190 e. The molecule has 3 heteroatoms. The summed E-state index contributed by atoms with van der Waals surface area (Å²) in [4.78, 5) is 3.95. The smallest absolute Gasteiger partial charge is 0.190 e. The zero-order valence-corrected chi connectivity index (χ0v) is 14.7. The van der Waals surface area contributed by atoms with Crippen LogP contribution in [-0.2, 0) is 0 Å². The highest BCUT2D eigenvalue weighted by Gasteiger charge is 1.94. The molecule has 0 aliphatic carbocycles. The molecule has 0 aromatic heterocycles. The number of hydrogen-bond acceptors (Lipinski definition) is 1. The van der Waals surface area contributed by atoms with Gasteiger partial charge in [-0.05, 0) is 38.5 Å². The number of nitrogens with two attached hydrogens (primary N) is 2. The number of rotatable bonds is 15. The van der Waals surface area contributed by atoms with Gasteiger partial charge in [0.1, 0.15) is 0 Å². The van der Waals surface area contributed by atoms with Gasteiger partial charge in [-0.3, -0.25) is 0 Å². The molecular formula is C19H37N3. The molecule has 0 rings (SSSR count). The second-order valence-corrected chi connectivity index (χ2v) is 6.08. The molecular weight excluding hydrogens is 270 g/mol. The molecule has 0 aliphatic heterocycles. The van der Waals surface area contributed by atoms with Crippen molar-refractivity contribution >= 4 is 5.96 Å². The summed E-state index contributed by atoms with van der Waals surface area (Å²) in [5.41, 5.74) is 11.4. The summed E-state index contributed by atoms with van der Waals surface area (Å²) >= 11 is 0. The second-order valence-electron chi connectivity index (χ2n) is 6.08. The fraction of sp³-hybridized carbons (Fsp3) is 0.737. The molecule has 0 bridgehead atoms. The zero-order chi connectivity index (χ0) is 16.5. The Kier molecular flexibility index (Phi) is 15.2. The summed E-state index contributed by atoms with van der Waals surface area (Å²) in [6.07, 6.45) is 21.3. The highest BCUT2D eigenvalue weighted by atomic mass is 15.0. The van der Waals surface area contributed by atoms with Crippen LogP contribution in [0.2, 0.25) is 0 Å². The van der Waals surface area contributed by atoms with E-state index in [-0.39, 0.29) is 5.96 Å². The molecule has 0 unspecified atom stereocenters. The van der Waals surface area contributed by atoms with Crippen molar-refractivity contribution in [2.75, 3.05) is 0 Å². The Morgan fingerprint density at radius 2 is 1.32 bits per heavy atom. The van der Waals surface area contributed by atoms with Crippen LogP contribution in [0.3, 0.4) is 0 Å². The first-order chi connectivity index (χ1) is 10.7. The minimum absolute atomic E-state index is 0.113. The van der Waals surface area contributed by atoms with Crippen LogP contribution < -0.4 is 11.5 Å². The summed E-state index contributed by atoms with van der Waals surface area (Å²) in [5.74, 6) is 0.113. The van der Waals surface area contributed by atoms with Gasteiger partial charge in [0, 0.05) is 5.70 Å². The Morgan fingerprint density at radius 3 is 1.86 bits per heavy atom. The minimum atomic E-state index is 0.113. The van der Waals surface area contributed by atoms with Gasteiger partial charge in [0.05, 0.1) is 0 Å². The molecule has 0 atom stereocenters. The van der Waals surface area contributed by atoms with Crippen LogP contribution in [-0.4, -0.2) is 5.96 Å². The molecule has 0 saturated carbocycles. The van der Waals surface area contributed by atoms with E-state index in [2.05, 4.69) is 30.6 Å². The number of aliphatic imine (C=N–C) groups is 1. The molecule has 4 N–H and O–H groups in total. The molecule has 128 valence electrons. The van der Waals surface area contributed by atoms with E-state index < -0.39 is 0 Å². The molecule has 0 heterocycles. The Balaban J connectivity index is 3.23. The monoisotopic (exact) mass is 307 g/mol. The van der Waals surface area contributed by atoms with E-state index in [4.69, 9.17) is 11.5 Å². The van der Waals surface area contributed by atoms with E-state index in [1.165, 1.54) is 70.6 Å². The zero-order valence-electron chi connectivity index (χ0n) is 14.7. The van der Waals surface area contributed by atoms with Crippen LogP contribution >= 0.6 is 0 Å². The molecule has 0 fully saturated rings. The number of unbranched alkanes of at least 4 members (excludes halogenated alkanes) is 10. The van der Waals surface area contributed by atoms with E-state index in [1.807, 2.05) is 0 Å². The van der Waals surface area contributed by atoms with Gasteiger partial charge >= 0.3 is 0 Å². The first-order valence-corrected chi connectivity index (χ1v) is 9.09. The van der Waals surface area contributed by atoms with Gasteiger partial charge in [-0.1, -0.05) is 70.6 Å². The van der Waals surface area contributed by atoms with Crippen LogP contribution in [0.25, 0.3) is 0 Å². The summed E-state index contributed by atoms with van der Waals surface area (Å²) in [6.45, 7) is 6.10. The predicted octanol–water partition coefficient (Wildman–Crippen LogP) is 5.42. The summed E-state index contributed by atoms with van der Waals surface area (Å²) in [6, 6.07) is 0. The van der Waals surface area contributed by atoms with Crippen LogP contribution in [0.1, 0.15) is 90.4 Å². The van der Waals surface area contributed by atoms with Gasteiger partial charge in [-0.15, -0.1) is 0 Å². The highest BCUT2D eigenvalue weighted by molar-refractivity contribution is 5.76. The fourth-order valence-electron chi connectivity index (χ4n) is 2.46. The van der Waals surface area contributed by atoms with Gasteiger partial charge in [0.25, 0.3) is 0 Å². The number of nitrogens with zero attached hydrogens (tertiary/aromatic N) is 1. The van der Waals surface area contributed by atoms with Crippen molar-refractivity contribution in [2.24, 2.45) is 16.5 Å². The largest absolute Gasteiger partial charge is 0.370 e. The van der Waals surface area contributed by atoms with Crippen LogP contribution in [0.5, 0.6) is 0 Å². The quantitative estimate of drug-likeness (QED) is 0.183. The molecule has 22 heavy (non-hydrogen) atoms. The van der Waals surface area contributed by atoms with Crippen molar-refractivity contribution in [1.82, 2.24) is 0 Å². The van der Waals surface area contributed by atoms with Gasteiger partial charge < -0.3 is 11.5 Å². The molecule has 0 aromatic carbocycles. The molecule has 0 saturated heterocycles. The van der Waals surface area contributed by atoms with E-state index >= 15 is 0 Å². The predicted molar refractivity (Wildman–Crippen MR) is 99.8 cm³/mol. The Labute approximate surface area is 138 Å². The van der Waals surface area contributed by atoms with E-state index in [9.17, 15) is 0 Å². The van der Waals surface area contributed by atoms with Crippen molar-refractivity contribution in [3.05, 3.63) is 24.4 Å². The van der Waals surface area contributed by atoms with Gasteiger partial charge in [0.15, 0.2) is 5.96 Å². The van der Waals surface area contributed by atoms with Crippen molar-refractivity contribution in [1.29, 1.82) is 0 Å². The second kappa shape index (κ2) is 16.1. The standard InChI is InChI=1S/C19H37N3/c1-3-4-5-6-7-8-9-10-11-12-13-14-15-16-17-18(2)22-19(20)21/h9-10H,2-8,11-17H2,1H3,(H4,20,21,22)/b10-9-. The lowest BCUT2D eigenvalue weighted by Gasteiger charge is -2.01. The number of allylic oxidation sites excluding steroid dienone is 3. The fourth-order valence-corrected chi connectivity index (χ4v) is 2.46. The first kappa shape index (κ1) is 20.8. The van der Waals surface area contributed by atoms with Gasteiger partial charge in [-0.2, -0.15) is 0 Å². The summed E-state index contributed by atoms with van der Waals surface area (Å²) in [5, 5.41) is 0. The Morgan fingerprint density at radius 1 is 0.818 bits per heavy atom. The lowest BCUT2D eigenvalue weighted by Crippen LogP contribution is -2.22. The van der Waals surface area contributed by atoms with Crippen LogP contribution in [0.4, 0.5) is 0 Å². The molecule has 0 spiro atoms.